The molecule has 0 fully saturated rings. The standard InChI is InChI=1S/C15H10O2S2/c16-15(17)14-8-7-11(19-14)6-5-10-9-18-13-4-2-1-3-12(10)13/h1-9H,(H,16,17)/b6-5+. The lowest BCUT2D eigenvalue weighted by Gasteiger charge is -1.90. The van der Waals surface area contributed by atoms with Crippen LogP contribution >= 0.6 is 22.7 Å². The van der Waals surface area contributed by atoms with Gasteiger partial charge in [-0.25, -0.2) is 4.79 Å². The Balaban J connectivity index is 1.91. The van der Waals surface area contributed by atoms with Crippen molar-refractivity contribution < 1.29 is 9.90 Å². The van der Waals surface area contributed by atoms with Crippen LogP contribution < -0.4 is 0 Å². The molecule has 0 aliphatic rings. The molecule has 0 atom stereocenters. The molecule has 2 aromatic heterocycles. The summed E-state index contributed by atoms with van der Waals surface area (Å²) in [6, 6.07) is 11.7. The zero-order valence-corrected chi connectivity index (χ0v) is 11.5. The summed E-state index contributed by atoms with van der Waals surface area (Å²) in [6.07, 6.45) is 4.00. The van der Waals surface area contributed by atoms with E-state index in [1.807, 2.05) is 30.4 Å². The van der Waals surface area contributed by atoms with Crippen molar-refractivity contribution >= 4 is 50.9 Å². The van der Waals surface area contributed by atoms with Gasteiger partial charge in [-0.05, 0) is 40.6 Å². The van der Waals surface area contributed by atoms with Gasteiger partial charge in [0.2, 0.25) is 0 Å². The van der Waals surface area contributed by atoms with E-state index in [0.717, 1.165) is 4.88 Å². The van der Waals surface area contributed by atoms with Crippen molar-refractivity contribution in [1.82, 2.24) is 0 Å². The lowest BCUT2D eigenvalue weighted by atomic mass is 10.1. The van der Waals surface area contributed by atoms with Crippen LogP contribution in [0.2, 0.25) is 0 Å². The van der Waals surface area contributed by atoms with Gasteiger partial charge in [0, 0.05) is 9.58 Å². The predicted octanol–water partition coefficient (Wildman–Crippen LogP) is 4.83. The van der Waals surface area contributed by atoms with E-state index < -0.39 is 5.97 Å². The molecule has 94 valence electrons. The van der Waals surface area contributed by atoms with Crippen LogP contribution in [0.3, 0.4) is 0 Å². The van der Waals surface area contributed by atoms with Crippen molar-refractivity contribution in [2.45, 2.75) is 0 Å². The Morgan fingerprint density at radius 3 is 2.74 bits per heavy atom. The Hall–Kier alpha value is -1.91. The highest BCUT2D eigenvalue weighted by Gasteiger charge is 2.05. The molecule has 3 aromatic rings. The second-order valence-corrected chi connectivity index (χ2v) is 6.05. The van der Waals surface area contributed by atoms with Gasteiger partial charge >= 0.3 is 5.97 Å². The van der Waals surface area contributed by atoms with Crippen LogP contribution in [0.5, 0.6) is 0 Å². The Morgan fingerprint density at radius 1 is 1.11 bits per heavy atom. The highest BCUT2D eigenvalue weighted by atomic mass is 32.1. The highest BCUT2D eigenvalue weighted by molar-refractivity contribution is 7.17. The maximum atomic E-state index is 10.8. The van der Waals surface area contributed by atoms with E-state index >= 15 is 0 Å². The third kappa shape index (κ3) is 2.45. The van der Waals surface area contributed by atoms with E-state index in [1.165, 1.54) is 27.0 Å². The Kier molecular flexibility index (Phi) is 3.19. The zero-order valence-electron chi connectivity index (χ0n) is 9.87. The Bertz CT molecular complexity index is 765. The fraction of sp³-hybridized carbons (Fsp3) is 0. The molecule has 19 heavy (non-hydrogen) atoms. The molecule has 0 unspecified atom stereocenters. The third-order valence-electron chi connectivity index (χ3n) is 2.78. The summed E-state index contributed by atoms with van der Waals surface area (Å²) in [6.45, 7) is 0. The maximum absolute atomic E-state index is 10.8. The average Bonchev–Trinajstić information content (AvgIpc) is 3.03. The number of carboxylic acids is 1. The third-order valence-corrected chi connectivity index (χ3v) is 4.80. The van der Waals surface area contributed by atoms with Gasteiger partial charge in [-0.15, -0.1) is 22.7 Å². The summed E-state index contributed by atoms with van der Waals surface area (Å²) >= 11 is 3.00. The fourth-order valence-electron chi connectivity index (χ4n) is 1.86. The number of aromatic carboxylic acids is 1. The lowest BCUT2D eigenvalue weighted by molar-refractivity contribution is 0.0702. The molecule has 0 saturated carbocycles. The summed E-state index contributed by atoms with van der Waals surface area (Å²) in [5.41, 5.74) is 1.17. The van der Waals surface area contributed by atoms with Crippen LogP contribution in [0.4, 0.5) is 0 Å². The Morgan fingerprint density at radius 2 is 1.95 bits per heavy atom. The van der Waals surface area contributed by atoms with E-state index in [9.17, 15) is 4.79 Å². The number of rotatable bonds is 3. The molecule has 4 heteroatoms. The molecular weight excluding hydrogens is 276 g/mol. The van der Waals surface area contributed by atoms with E-state index in [1.54, 1.807) is 17.4 Å². The Labute approximate surface area is 118 Å². The normalized spacial score (nSPS) is 11.4. The van der Waals surface area contributed by atoms with Crippen LogP contribution in [0.25, 0.3) is 22.2 Å². The molecule has 0 saturated heterocycles. The first kappa shape index (κ1) is 12.1. The molecule has 2 nitrogen and oxygen atoms in total. The molecule has 0 bridgehead atoms. The molecule has 2 heterocycles. The van der Waals surface area contributed by atoms with Gasteiger partial charge in [0.15, 0.2) is 0 Å². The zero-order chi connectivity index (χ0) is 13.2. The number of hydrogen-bond acceptors (Lipinski definition) is 3. The monoisotopic (exact) mass is 286 g/mol. The first-order chi connectivity index (χ1) is 9.24. The van der Waals surface area contributed by atoms with Crippen molar-refractivity contribution in [3.8, 4) is 0 Å². The van der Waals surface area contributed by atoms with Gasteiger partial charge in [0.05, 0.1) is 0 Å². The minimum Gasteiger partial charge on any atom is -0.477 e. The molecule has 1 N–H and O–H groups in total. The summed E-state index contributed by atoms with van der Waals surface area (Å²) in [5, 5.41) is 12.2. The highest BCUT2D eigenvalue weighted by Crippen LogP contribution is 2.28. The molecule has 0 radical (unpaired) electrons. The van der Waals surface area contributed by atoms with Crippen LogP contribution in [0.1, 0.15) is 20.1 Å². The lowest BCUT2D eigenvalue weighted by Crippen LogP contribution is -1.89. The summed E-state index contributed by atoms with van der Waals surface area (Å²) in [4.78, 5) is 12.1. The maximum Gasteiger partial charge on any atom is 0.345 e. The van der Waals surface area contributed by atoms with E-state index in [2.05, 4.69) is 17.5 Å². The topological polar surface area (TPSA) is 37.3 Å². The second kappa shape index (κ2) is 4.99. The molecule has 0 amide bonds. The van der Waals surface area contributed by atoms with Gasteiger partial charge in [-0.3, -0.25) is 0 Å². The summed E-state index contributed by atoms with van der Waals surface area (Å²) < 4.78 is 1.26. The van der Waals surface area contributed by atoms with E-state index in [-0.39, 0.29) is 0 Å². The summed E-state index contributed by atoms with van der Waals surface area (Å²) in [7, 11) is 0. The van der Waals surface area contributed by atoms with Gasteiger partial charge in [0.1, 0.15) is 4.88 Å². The van der Waals surface area contributed by atoms with Gasteiger partial charge in [-0.2, -0.15) is 0 Å². The van der Waals surface area contributed by atoms with Crippen molar-refractivity contribution in [2.24, 2.45) is 0 Å². The SMILES string of the molecule is O=C(O)c1ccc(/C=C/c2csc3ccccc23)s1. The number of benzene rings is 1. The largest absolute Gasteiger partial charge is 0.477 e. The number of fused-ring (bicyclic) bond motifs is 1. The number of carboxylic acid groups (broad SMARTS) is 1. The van der Waals surface area contributed by atoms with Crippen LogP contribution in [0.15, 0.2) is 41.8 Å². The van der Waals surface area contributed by atoms with Crippen LogP contribution in [-0.2, 0) is 0 Å². The number of thiophene rings is 2. The molecule has 0 aliphatic heterocycles. The number of hydrogen-bond donors (Lipinski definition) is 1. The minimum atomic E-state index is -0.870. The average molecular weight is 286 g/mol. The molecule has 3 rings (SSSR count). The quantitative estimate of drug-likeness (QED) is 0.748. The van der Waals surface area contributed by atoms with Crippen molar-refractivity contribution in [2.75, 3.05) is 0 Å². The molecule has 1 aromatic carbocycles. The molecule has 0 aliphatic carbocycles. The van der Waals surface area contributed by atoms with Crippen molar-refractivity contribution in [3.63, 3.8) is 0 Å². The molecule has 0 spiro atoms. The first-order valence-corrected chi connectivity index (χ1v) is 7.41. The minimum absolute atomic E-state index is 0.370. The van der Waals surface area contributed by atoms with Crippen LogP contribution in [0, 0.1) is 0 Å². The van der Waals surface area contributed by atoms with Crippen molar-refractivity contribution in [1.29, 1.82) is 0 Å². The second-order valence-electron chi connectivity index (χ2n) is 4.03. The summed E-state index contributed by atoms with van der Waals surface area (Å²) in [5.74, 6) is -0.870. The van der Waals surface area contributed by atoms with Gasteiger partial charge in [0.25, 0.3) is 0 Å². The van der Waals surface area contributed by atoms with Gasteiger partial charge < -0.3 is 5.11 Å². The van der Waals surface area contributed by atoms with Crippen LogP contribution in [-0.4, -0.2) is 11.1 Å². The number of carbonyl (C=O) groups is 1. The van der Waals surface area contributed by atoms with Gasteiger partial charge in [-0.1, -0.05) is 24.3 Å². The fourth-order valence-corrected chi connectivity index (χ4v) is 3.54. The van der Waals surface area contributed by atoms with Crippen molar-refractivity contribution in [3.05, 3.63) is 57.1 Å². The van der Waals surface area contributed by atoms with E-state index in [0.29, 0.717) is 4.88 Å². The molecular formula is C15H10O2S2. The smallest absolute Gasteiger partial charge is 0.345 e. The predicted molar refractivity (Wildman–Crippen MR) is 82.0 cm³/mol. The first-order valence-electron chi connectivity index (χ1n) is 5.71. The van der Waals surface area contributed by atoms with E-state index in [4.69, 9.17) is 5.11 Å².